The fraction of sp³-hybridized carbons (Fsp3) is 0.118. The van der Waals surface area contributed by atoms with Crippen LogP contribution in [0.2, 0.25) is 5.02 Å². The van der Waals surface area contributed by atoms with E-state index in [2.05, 4.69) is 20.6 Å². The third-order valence-electron chi connectivity index (χ3n) is 3.66. The van der Waals surface area contributed by atoms with Crippen LogP contribution in [0.5, 0.6) is 0 Å². The summed E-state index contributed by atoms with van der Waals surface area (Å²) in [5.74, 6) is -2.11. The maximum Gasteiger partial charge on any atom is 0.435 e. The van der Waals surface area contributed by atoms with Gasteiger partial charge in [-0.15, -0.1) is 10.2 Å². The number of alkyl halides is 3. The van der Waals surface area contributed by atoms with Crippen LogP contribution in [0.25, 0.3) is 5.69 Å². The van der Waals surface area contributed by atoms with E-state index in [0.717, 1.165) is 22.9 Å². The average molecular weight is 428 g/mol. The van der Waals surface area contributed by atoms with E-state index in [1.54, 1.807) is 0 Å². The molecule has 29 heavy (non-hydrogen) atoms. The van der Waals surface area contributed by atoms with Crippen LogP contribution >= 0.6 is 11.6 Å². The van der Waals surface area contributed by atoms with E-state index in [1.807, 2.05) is 0 Å². The van der Waals surface area contributed by atoms with Crippen molar-refractivity contribution in [2.75, 3.05) is 5.32 Å². The second kappa shape index (κ2) is 7.59. The Bertz CT molecular complexity index is 1150. The van der Waals surface area contributed by atoms with Gasteiger partial charge in [0.1, 0.15) is 11.5 Å². The summed E-state index contributed by atoms with van der Waals surface area (Å²) in [6.45, 7) is 1.48. The normalized spacial score (nSPS) is 11.4. The number of nitrogens with zero attached hydrogens (tertiary/aromatic N) is 4. The monoisotopic (exact) mass is 427 g/mol. The van der Waals surface area contributed by atoms with Crippen molar-refractivity contribution in [1.29, 1.82) is 0 Å². The van der Waals surface area contributed by atoms with Crippen molar-refractivity contribution in [3.63, 3.8) is 0 Å². The van der Waals surface area contributed by atoms with Gasteiger partial charge in [-0.3, -0.25) is 9.59 Å². The van der Waals surface area contributed by atoms with Gasteiger partial charge in [-0.1, -0.05) is 11.6 Å². The highest BCUT2D eigenvalue weighted by Gasteiger charge is 2.33. The molecule has 0 fully saturated rings. The van der Waals surface area contributed by atoms with Crippen LogP contribution in [-0.2, 0) is 6.18 Å². The molecule has 3 rings (SSSR count). The summed E-state index contributed by atoms with van der Waals surface area (Å²) in [5.41, 5.74) is -2.46. The molecule has 0 saturated heterocycles. The van der Waals surface area contributed by atoms with Gasteiger partial charge in [0.15, 0.2) is 17.2 Å². The molecule has 0 radical (unpaired) electrons. The number of carbonyl (C=O) groups is 1. The number of halogens is 5. The first kappa shape index (κ1) is 20.4. The van der Waals surface area contributed by atoms with Crippen molar-refractivity contribution in [2.24, 2.45) is 0 Å². The molecule has 2 aromatic heterocycles. The molecule has 0 spiro atoms. The molecular weight excluding hydrogens is 418 g/mol. The fourth-order valence-corrected chi connectivity index (χ4v) is 2.49. The molecule has 3 aromatic rings. The molecule has 0 aliphatic heterocycles. The van der Waals surface area contributed by atoms with Crippen LogP contribution in [0.3, 0.4) is 0 Å². The lowest BCUT2D eigenvalue weighted by atomic mass is 10.2. The van der Waals surface area contributed by atoms with E-state index in [1.165, 1.54) is 19.1 Å². The van der Waals surface area contributed by atoms with Crippen molar-refractivity contribution in [1.82, 2.24) is 20.0 Å². The van der Waals surface area contributed by atoms with Crippen LogP contribution < -0.4 is 10.7 Å². The van der Waals surface area contributed by atoms with Gasteiger partial charge < -0.3 is 5.32 Å². The smallest absolute Gasteiger partial charge is 0.304 e. The predicted molar refractivity (Wildman–Crippen MR) is 94.5 cm³/mol. The van der Waals surface area contributed by atoms with E-state index in [0.29, 0.717) is 6.07 Å². The maximum absolute atomic E-state index is 14.2. The van der Waals surface area contributed by atoms with E-state index >= 15 is 0 Å². The van der Waals surface area contributed by atoms with Gasteiger partial charge >= 0.3 is 6.18 Å². The summed E-state index contributed by atoms with van der Waals surface area (Å²) in [6, 6.07) is 6.30. The lowest BCUT2D eigenvalue weighted by Crippen LogP contribution is -2.27. The number of amides is 1. The highest BCUT2D eigenvalue weighted by molar-refractivity contribution is 6.30. The molecular formula is C17H10ClF4N5O2. The van der Waals surface area contributed by atoms with Crippen LogP contribution in [0, 0.1) is 12.7 Å². The largest absolute Gasteiger partial charge is 0.435 e. The van der Waals surface area contributed by atoms with Crippen LogP contribution in [0.1, 0.15) is 21.9 Å². The van der Waals surface area contributed by atoms with E-state index in [-0.39, 0.29) is 22.2 Å². The lowest BCUT2D eigenvalue weighted by Gasteiger charge is -2.12. The molecule has 0 bridgehead atoms. The first-order chi connectivity index (χ1) is 13.6. The Morgan fingerprint density at radius 3 is 2.45 bits per heavy atom. The van der Waals surface area contributed by atoms with Crippen LogP contribution in [0.15, 0.2) is 41.2 Å². The minimum absolute atomic E-state index is 0.0599. The van der Waals surface area contributed by atoms with Crippen LogP contribution in [0.4, 0.5) is 23.4 Å². The zero-order valence-electron chi connectivity index (χ0n) is 14.5. The third-order valence-corrected chi connectivity index (χ3v) is 3.89. The quantitative estimate of drug-likeness (QED) is 0.647. The molecule has 12 heteroatoms. The van der Waals surface area contributed by atoms with Crippen molar-refractivity contribution in [3.8, 4) is 5.69 Å². The minimum Gasteiger partial charge on any atom is -0.304 e. The Balaban J connectivity index is 1.94. The molecule has 0 aliphatic rings. The van der Waals surface area contributed by atoms with Gasteiger partial charge in [-0.2, -0.15) is 18.3 Å². The highest BCUT2D eigenvalue weighted by Crippen LogP contribution is 2.27. The number of anilines is 1. The maximum atomic E-state index is 14.2. The summed E-state index contributed by atoms with van der Waals surface area (Å²) in [5, 5.41) is 12.3. The number of aromatic nitrogens is 4. The van der Waals surface area contributed by atoms with Gasteiger partial charge in [-0.05, 0) is 37.3 Å². The van der Waals surface area contributed by atoms with Gasteiger partial charge in [0.25, 0.3) is 5.91 Å². The van der Waals surface area contributed by atoms with Gasteiger partial charge in [0.05, 0.1) is 0 Å². The third kappa shape index (κ3) is 4.40. The molecule has 150 valence electrons. The Kier molecular flexibility index (Phi) is 5.33. The van der Waals surface area contributed by atoms with E-state index in [4.69, 9.17) is 11.6 Å². The SMILES string of the molecule is Cc1cc(=O)c(C(=O)Nc2ccc(C(F)(F)F)nn2)nn1-c1ccc(Cl)cc1F. The summed E-state index contributed by atoms with van der Waals surface area (Å²) < 4.78 is 52.8. The van der Waals surface area contributed by atoms with Crippen molar-refractivity contribution in [2.45, 2.75) is 13.1 Å². The summed E-state index contributed by atoms with van der Waals surface area (Å²) in [4.78, 5) is 24.5. The number of rotatable bonds is 3. The molecule has 7 nitrogen and oxygen atoms in total. The van der Waals surface area contributed by atoms with Gasteiger partial charge in [-0.25, -0.2) is 9.07 Å². The highest BCUT2D eigenvalue weighted by atomic mass is 35.5. The summed E-state index contributed by atoms with van der Waals surface area (Å²) in [6.07, 6.45) is -4.69. The predicted octanol–water partition coefficient (Wildman–Crippen LogP) is 3.39. The molecule has 0 unspecified atom stereocenters. The molecule has 1 N–H and O–H groups in total. The number of hydrogen-bond donors (Lipinski definition) is 1. The molecule has 0 aliphatic carbocycles. The molecule has 0 atom stereocenters. The zero-order valence-corrected chi connectivity index (χ0v) is 15.2. The summed E-state index contributed by atoms with van der Waals surface area (Å²) >= 11 is 5.71. The first-order valence-corrected chi connectivity index (χ1v) is 8.23. The topological polar surface area (TPSA) is 89.8 Å². The fourth-order valence-electron chi connectivity index (χ4n) is 2.33. The van der Waals surface area contributed by atoms with Crippen molar-refractivity contribution < 1.29 is 22.4 Å². The number of hydrogen-bond acceptors (Lipinski definition) is 5. The van der Waals surface area contributed by atoms with E-state index < -0.39 is 34.7 Å². The molecule has 0 saturated carbocycles. The molecule has 1 amide bonds. The minimum atomic E-state index is -4.69. The Morgan fingerprint density at radius 2 is 1.86 bits per heavy atom. The van der Waals surface area contributed by atoms with Crippen molar-refractivity contribution in [3.05, 3.63) is 74.5 Å². The second-order valence-corrected chi connectivity index (χ2v) is 6.20. The number of nitrogens with one attached hydrogen (secondary N) is 1. The van der Waals surface area contributed by atoms with E-state index in [9.17, 15) is 27.2 Å². The Hall–Kier alpha value is -3.34. The first-order valence-electron chi connectivity index (χ1n) is 7.85. The Labute approximate surface area is 165 Å². The average Bonchev–Trinajstić information content (AvgIpc) is 2.62. The second-order valence-electron chi connectivity index (χ2n) is 5.76. The van der Waals surface area contributed by atoms with Crippen LogP contribution in [-0.4, -0.2) is 25.9 Å². The van der Waals surface area contributed by atoms with Crippen molar-refractivity contribution >= 4 is 23.3 Å². The number of benzene rings is 1. The zero-order chi connectivity index (χ0) is 21.3. The summed E-state index contributed by atoms with van der Waals surface area (Å²) in [7, 11) is 0. The molecule has 1 aromatic carbocycles. The standard InChI is InChI=1S/C17H10ClF4N5O2/c1-8-6-12(28)15(26-27(8)11-3-2-9(18)7-10(11)19)16(29)23-14-5-4-13(24-25-14)17(20,21)22/h2-7H,1H3,(H,23,25,29). The number of aryl methyl sites for hydroxylation is 1. The van der Waals surface area contributed by atoms with Gasteiger partial charge in [0.2, 0.25) is 5.43 Å². The Morgan fingerprint density at radius 1 is 1.14 bits per heavy atom. The van der Waals surface area contributed by atoms with Gasteiger partial charge in [0, 0.05) is 16.8 Å². The number of carbonyl (C=O) groups excluding carboxylic acids is 1. The lowest BCUT2D eigenvalue weighted by molar-refractivity contribution is -0.141. The molecule has 2 heterocycles.